The molecule has 2 aromatic rings. The van der Waals surface area contributed by atoms with E-state index in [-0.39, 0.29) is 6.42 Å². The van der Waals surface area contributed by atoms with Gasteiger partial charge in [0.15, 0.2) is 6.10 Å². The molecule has 104 valence electrons. The Kier molecular flexibility index (Phi) is 5.04. The number of ether oxygens (including phenoxy) is 1. The van der Waals surface area contributed by atoms with Crippen molar-refractivity contribution in [1.29, 1.82) is 0 Å². The molecule has 0 bridgehead atoms. The van der Waals surface area contributed by atoms with Gasteiger partial charge in [0.25, 0.3) is 0 Å². The number of halogens is 2. The minimum Gasteiger partial charge on any atom is -0.478 e. The second kappa shape index (κ2) is 6.77. The van der Waals surface area contributed by atoms with Gasteiger partial charge < -0.3 is 9.84 Å². The van der Waals surface area contributed by atoms with Crippen LogP contribution in [0.3, 0.4) is 0 Å². The van der Waals surface area contributed by atoms with Crippen LogP contribution in [-0.2, 0) is 11.2 Å². The lowest BCUT2D eigenvalue weighted by molar-refractivity contribution is -0.145. The number of rotatable bonds is 5. The van der Waals surface area contributed by atoms with Crippen LogP contribution in [-0.4, -0.2) is 17.2 Å². The van der Waals surface area contributed by atoms with E-state index in [2.05, 4.69) is 15.9 Å². The van der Waals surface area contributed by atoms with E-state index in [9.17, 15) is 9.90 Å². The Morgan fingerprint density at radius 1 is 1.20 bits per heavy atom. The van der Waals surface area contributed by atoms with Gasteiger partial charge >= 0.3 is 5.97 Å². The highest BCUT2D eigenvalue weighted by Crippen LogP contribution is 2.25. The van der Waals surface area contributed by atoms with Gasteiger partial charge in [0.05, 0.1) is 5.02 Å². The van der Waals surface area contributed by atoms with Crippen LogP contribution >= 0.6 is 27.5 Å². The molecule has 0 aliphatic heterocycles. The molecule has 2 rings (SSSR count). The molecule has 0 spiro atoms. The molecule has 5 heteroatoms. The zero-order valence-corrected chi connectivity index (χ0v) is 12.8. The summed E-state index contributed by atoms with van der Waals surface area (Å²) < 4.78 is 6.44. The summed E-state index contributed by atoms with van der Waals surface area (Å²) in [5.74, 6) is -0.647. The van der Waals surface area contributed by atoms with Crippen LogP contribution in [0.1, 0.15) is 5.56 Å². The molecule has 1 unspecified atom stereocenters. The highest BCUT2D eigenvalue weighted by Gasteiger charge is 2.21. The SMILES string of the molecule is O=C(O)C(Cc1ccc(Br)cc1)Oc1ccccc1Cl. The molecular formula is C15H12BrClO3. The van der Waals surface area contributed by atoms with E-state index in [1.54, 1.807) is 24.3 Å². The molecule has 1 N–H and O–H groups in total. The third kappa shape index (κ3) is 3.99. The minimum atomic E-state index is -1.02. The normalized spacial score (nSPS) is 11.9. The average Bonchev–Trinajstić information content (AvgIpc) is 2.42. The molecule has 0 amide bonds. The van der Waals surface area contributed by atoms with E-state index in [0.29, 0.717) is 10.8 Å². The molecule has 0 radical (unpaired) electrons. The summed E-state index contributed by atoms with van der Waals surface area (Å²) in [7, 11) is 0. The Labute approximate surface area is 130 Å². The van der Waals surface area contributed by atoms with Crippen molar-refractivity contribution in [2.45, 2.75) is 12.5 Å². The number of para-hydroxylation sites is 1. The van der Waals surface area contributed by atoms with Crippen molar-refractivity contribution in [1.82, 2.24) is 0 Å². The number of carboxylic acids is 1. The monoisotopic (exact) mass is 354 g/mol. The molecule has 0 aromatic heterocycles. The summed E-state index contributed by atoms with van der Waals surface area (Å²) in [6.45, 7) is 0. The zero-order valence-electron chi connectivity index (χ0n) is 10.4. The lowest BCUT2D eigenvalue weighted by atomic mass is 10.1. The van der Waals surface area contributed by atoms with Gasteiger partial charge in [0, 0.05) is 10.9 Å². The van der Waals surface area contributed by atoms with Gasteiger partial charge in [-0.25, -0.2) is 4.79 Å². The lowest BCUT2D eigenvalue weighted by Gasteiger charge is -2.16. The molecule has 0 saturated heterocycles. The van der Waals surface area contributed by atoms with Gasteiger partial charge in [0.1, 0.15) is 5.75 Å². The van der Waals surface area contributed by atoms with E-state index in [1.807, 2.05) is 24.3 Å². The van der Waals surface area contributed by atoms with Crippen molar-refractivity contribution in [3.8, 4) is 5.75 Å². The fourth-order valence-electron chi connectivity index (χ4n) is 1.71. The average molecular weight is 356 g/mol. The standard InChI is InChI=1S/C15H12BrClO3/c16-11-7-5-10(6-8-11)9-14(15(18)19)20-13-4-2-1-3-12(13)17/h1-8,14H,9H2,(H,18,19). The Morgan fingerprint density at radius 2 is 1.85 bits per heavy atom. The largest absolute Gasteiger partial charge is 0.478 e. The molecule has 2 aromatic carbocycles. The van der Waals surface area contributed by atoms with Crippen LogP contribution in [0.2, 0.25) is 5.02 Å². The van der Waals surface area contributed by atoms with Crippen LogP contribution in [0.15, 0.2) is 53.0 Å². The summed E-state index contributed by atoms with van der Waals surface area (Å²) in [5.41, 5.74) is 0.882. The Balaban J connectivity index is 2.14. The second-order valence-corrected chi connectivity index (χ2v) is 5.53. The zero-order chi connectivity index (χ0) is 14.5. The van der Waals surface area contributed by atoms with E-state index in [1.165, 1.54) is 0 Å². The van der Waals surface area contributed by atoms with Crippen LogP contribution in [0.4, 0.5) is 0 Å². The molecule has 0 heterocycles. The Morgan fingerprint density at radius 3 is 2.45 bits per heavy atom. The summed E-state index contributed by atoms with van der Waals surface area (Å²) in [5, 5.41) is 9.66. The molecule has 0 saturated carbocycles. The van der Waals surface area contributed by atoms with E-state index in [4.69, 9.17) is 16.3 Å². The van der Waals surface area contributed by atoms with Gasteiger partial charge in [-0.15, -0.1) is 0 Å². The van der Waals surface area contributed by atoms with Gasteiger partial charge in [-0.3, -0.25) is 0 Å². The number of hydrogen-bond donors (Lipinski definition) is 1. The van der Waals surface area contributed by atoms with Crippen LogP contribution < -0.4 is 4.74 Å². The molecule has 1 atom stereocenters. The third-order valence-corrected chi connectivity index (χ3v) is 3.56. The first-order chi connectivity index (χ1) is 9.56. The highest BCUT2D eigenvalue weighted by molar-refractivity contribution is 9.10. The molecule has 3 nitrogen and oxygen atoms in total. The lowest BCUT2D eigenvalue weighted by Crippen LogP contribution is -2.29. The number of carbonyl (C=O) groups is 1. The number of benzene rings is 2. The van der Waals surface area contributed by atoms with Gasteiger partial charge in [-0.1, -0.05) is 51.8 Å². The second-order valence-electron chi connectivity index (χ2n) is 4.21. The molecular weight excluding hydrogens is 344 g/mol. The quantitative estimate of drug-likeness (QED) is 0.875. The van der Waals surface area contributed by atoms with Crippen LogP contribution in [0, 0.1) is 0 Å². The first-order valence-corrected chi connectivity index (χ1v) is 7.12. The fraction of sp³-hybridized carbons (Fsp3) is 0.133. The van der Waals surface area contributed by atoms with Crippen molar-refractivity contribution in [2.24, 2.45) is 0 Å². The molecule has 20 heavy (non-hydrogen) atoms. The van der Waals surface area contributed by atoms with E-state index in [0.717, 1.165) is 10.0 Å². The Bertz CT molecular complexity index is 598. The first-order valence-electron chi connectivity index (χ1n) is 5.94. The highest BCUT2D eigenvalue weighted by atomic mass is 79.9. The van der Waals surface area contributed by atoms with Crippen molar-refractivity contribution in [3.05, 3.63) is 63.6 Å². The fourth-order valence-corrected chi connectivity index (χ4v) is 2.15. The Hall–Kier alpha value is -1.52. The summed E-state index contributed by atoms with van der Waals surface area (Å²) in [6.07, 6.45) is -0.704. The predicted octanol–water partition coefficient (Wildman–Crippen LogP) is 4.18. The maximum absolute atomic E-state index is 11.3. The number of hydrogen-bond acceptors (Lipinski definition) is 2. The maximum Gasteiger partial charge on any atom is 0.345 e. The summed E-state index contributed by atoms with van der Waals surface area (Å²) in [6, 6.07) is 14.3. The summed E-state index contributed by atoms with van der Waals surface area (Å²) in [4.78, 5) is 11.3. The van der Waals surface area contributed by atoms with E-state index < -0.39 is 12.1 Å². The van der Waals surface area contributed by atoms with Crippen molar-refractivity contribution in [2.75, 3.05) is 0 Å². The molecule has 0 aliphatic rings. The van der Waals surface area contributed by atoms with Crippen molar-refractivity contribution < 1.29 is 14.6 Å². The topological polar surface area (TPSA) is 46.5 Å². The van der Waals surface area contributed by atoms with Crippen molar-refractivity contribution in [3.63, 3.8) is 0 Å². The molecule has 0 aliphatic carbocycles. The first kappa shape index (κ1) is 14.9. The van der Waals surface area contributed by atoms with Gasteiger partial charge in [-0.2, -0.15) is 0 Å². The van der Waals surface area contributed by atoms with Crippen LogP contribution in [0.5, 0.6) is 5.75 Å². The predicted molar refractivity (Wildman–Crippen MR) is 81.3 cm³/mol. The van der Waals surface area contributed by atoms with Crippen molar-refractivity contribution >= 4 is 33.5 Å². The van der Waals surface area contributed by atoms with Gasteiger partial charge in [0.2, 0.25) is 0 Å². The summed E-state index contributed by atoms with van der Waals surface area (Å²) >= 11 is 9.31. The smallest absolute Gasteiger partial charge is 0.345 e. The molecule has 0 fully saturated rings. The minimum absolute atomic E-state index is 0.272. The van der Waals surface area contributed by atoms with E-state index >= 15 is 0 Å². The number of aliphatic carboxylic acids is 1. The third-order valence-electron chi connectivity index (χ3n) is 2.72. The van der Waals surface area contributed by atoms with Gasteiger partial charge in [-0.05, 0) is 29.8 Å². The number of carboxylic acid groups (broad SMARTS) is 1. The van der Waals surface area contributed by atoms with Crippen LogP contribution in [0.25, 0.3) is 0 Å². The maximum atomic E-state index is 11.3.